The molecule has 6 nitrogen and oxygen atoms in total. The Morgan fingerprint density at radius 1 is 1.32 bits per heavy atom. The highest BCUT2D eigenvalue weighted by molar-refractivity contribution is 5.84. The average Bonchev–Trinajstić information content (AvgIpc) is 3.21. The molecule has 2 heterocycles. The topological polar surface area (TPSA) is 73.6 Å². The molecule has 0 spiro atoms. The van der Waals surface area contributed by atoms with Crippen LogP contribution >= 0.6 is 0 Å². The van der Waals surface area contributed by atoms with Crippen LogP contribution in [0.5, 0.6) is 11.5 Å². The molecule has 1 aromatic heterocycles. The first kappa shape index (κ1) is 21.7. The molecule has 2 aromatic rings. The Hall–Kier alpha value is -2.60. The zero-order valence-electron chi connectivity index (χ0n) is 17.4. The number of phenols is 1. The van der Waals surface area contributed by atoms with E-state index < -0.39 is 0 Å². The number of carbonyl (C=O) groups is 1. The number of rotatable bonds is 6. The van der Waals surface area contributed by atoms with Gasteiger partial charge in [-0.25, -0.2) is 0 Å². The molecular weight excluding hydrogens is 356 g/mol. The normalized spacial score (nSPS) is 13.9. The second-order valence-corrected chi connectivity index (χ2v) is 6.69. The van der Waals surface area contributed by atoms with Crippen molar-refractivity contribution >= 4 is 11.9 Å². The fraction of sp³-hybridized carbons (Fsp3) is 0.455. The molecule has 0 saturated heterocycles. The monoisotopic (exact) mass is 386 g/mol. The van der Waals surface area contributed by atoms with Gasteiger partial charge in [-0.3, -0.25) is 9.48 Å². The van der Waals surface area contributed by atoms with E-state index in [1.807, 2.05) is 24.6 Å². The van der Waals surface area contributed by atoms with Gasteiger partial charge in [0, 0.05) is 12.2 Å². The van der Waals surface area contributed by atoms with Crippen molar-refractivity contribution in [3.63, 3.8) is 0 Å². The van der Waals surface area contributed by atoms with Crippen LogP contribution in [-0.4, -0.2) is 41.0 Å². The highest BCUT2D eigenvalue weighted by atomic mass is 16.5. The van der Waals surface area contributed by atoms with Crippen molar-refractivity contribution in [1.29, 1.82) is 0 Å². The SMILES string of the molecule is CC.Cc1ccc(OCC2=C(c3ccnn3C(C)C)CCOC2)c(C=O)c1O. The van der Waals surface area contributed by atoms with Crippen molar-refractivity contribution in [2.45, 2.75) is 47.1 Å². The summed E-state index contributed by atoms with van der Waals surface area (Å²) >= 11 is 0. The van der Waals surface area contributed by atoms with E-state index in [-0.39, 0.29) is 17.4 Å². The average molecular weight is 386 g/mol. The van der Waals surface area contributed by atoms with Crippen molar-refractivity contribution in [3.8, 4) is 11.5 Å². The van der Waals surface area contributed by atoms with E-state index in [9.17, 15) is 9.90 Å². The molecule has 1 N–H and O–H groups in total. The number of phenolic OH excluding ortho intramolecular Hbond substituents is 1. The Balaban J connectivity index is 0.00000136. The minimum absolute atomic E-state index is 0.0375. The van der Waals surface area contributed by atoms with Crippen LogP contribution < -0.4 is 4.74 Å². The molecule has 0 saturated carbocycles. The van der Waals surface area contributed by atoms with E-state index in [0.717, 1.165) is 17.7 Å². The number of aromatic hydroxyl groups is 1. The van der Waals surface area contributed by atoms with Gasteiger partial charge >= 0.3 is 0 Å². The van der Waals surface area contributed by atoms with Gasteiger partial charge in [0.2, 0.25) is 0 Å². The third-order valence-electron chi connectivity index (χ3n) is 4.57. The second-order valence-electron chi connectivity index (χ2n) is 6.69. The quantitative estimate of drug-likeness (QED) is 0.736. The van der Waals surface area contributed by atoms with Gasteiger partial charge in [0.05, 0.1) is 24.5 Å². The maximum absolute atomic E-state index is 11.3. The highest BCUT2D eigenvalue weighted by Gasteiger charge is 2.20. The predicted molar refractivity (Wildman–Crippen MR) is 110 cm³/mol. The second kappa shape index (κ2) is 10.1. The van der Waals surface area contributed by atoms with Crippen LogP contribution in [0.4, 0.5) is 0 Å². The van der Waals surface area contributed by atoms with Gasteiger partial charge in [0.25, 0.3) is 0 Å². The molecule has 28 heavy (non-hydrogen) atoms. The van der Waals surface area contributed by atoms with Gasteiger partial charge < -0.3 is 14.6 Å². The minimum Gasteiger partial charge on any atom is -0.507 e. The van der Waals surface area contributed by atoms with Crippen LogP contribution in [0, 0.1) is 6.92 Å². The first-order valence-corrected chi connectivity index (χ1v) is 9.76. The minimum atomic E-state index is -0.0375. The molecule has 0 atom stereocenters. The first-order chi connectivity index (χ1) is 13.5. The summed E-state index contributed by atoms with van der Waals surface area (Å²) in [7, 11) is 0. The van der Waals surface area contributed by atoms with Crippen LogP contribution in [0.2, 0.25) is 0 Å². The zero-order valence-corrected chi connectivity index (χ0v) is 17.4. The van der Waals surface area contributed by atoms with Gasteiger partial charge in [-0.05, 0) is 56.0 Å². The molecule has 152 valence electrons. The lowest BCUT2D eigenvalue weighted by molar-refractivity contribution is 0.111. The standard InChI is InChI=1S/C20H24N2O4.C2H6/c1-13(2)22-18(6-8-21-22)16-7-9-25-11-15(16)12-26-19-5-4-14(3)20(24)17(19)10-23;1-2/h4-6,8,10,13,24H,7,9,11-12H2,1-3H3;1-2H3. The first-order valence-electron chi connectivity index (χ1n) is 9.76. The van der Waals surface area contributed by atoms with Crippen LogP contribution in [0.1, 0.15) is 61.8 Å². The van der Waals surface area contributed by atoms with Crippen LogP contribution in [0.25, 0.3) is 5.57 Å². The van der Waals surface area contributed by atoms with E-state index in [4.69, 9.17) is 9.47 Å². The fourth-order valence-electron chi connectivity index (χ4n) is 3.14. The maximum atomic E-state index is 11.3. The Morgan fingerprint density at radius 2 is 2.07 bits per heavy atom. The van der Waals surface area contributed by atoms with Crippen LogP contribution in [-0.2, 0) is 4.74 Å². The molecule has 0 radical (unpaired) electrons. The predicted octanol–water partition coefficient (Wildman–Crippen LogP) is 4.57. The molecule has 1 aliphatic rings. The number of aromatic nitrogens is 2. The molecule has 0 bridgehead atoms. The Bertz CT molecular complexity index is 837. The van der Waals surface area contributed by atoms with Crippen molar-refractivity contribution in [3.05, 3.63) is 46.8 Å². The number of hydrogen-bond donors (Lipinski definition) is 1. The third kappa shape index (κ3) is 4.62. The fourth-order valence-corrected chi connectivity index (χ4v) is 3.14. The molecule has 1 aromatic carbocycles. The number of carbonyl (C=O) groups excluding carboxylic acids is 1. The van der Waals surface area contributed by atoms with E-state index in [2.05, 4.69) is 18.9 Å². The number of ether oxygens (including phenoxy) is 2. The van der Waals surface area contributed by atoms with E-state index >= 15 is 0 Å². The molecule has 0 aliphatic carbocycles. The third-order valence-corrected chi connectivity index (χ3v) is 4.57. The summed E-state index contributed by atoms with van der Waals surface area (Å²) in [5, 5.41) is 14.5. The summed E-state index contributed by atoms with van der Waals surface area (Å²) < 4.78 is 13.5. The molecule has 0 amide bonds. The van der Waals surface area contributed by atoms with Crippen LogP contribution in [0.15, 0.2) is 30.0 Å². The molecule has 6 heteroatoms. The summed E-state index contributed by atoms with van der Waals surface area (Å²) in [6.07, 6.45) is 3.22. The summed E-state index contributed by atoms with van der Waals surface area (Å²) in [5.41, 5.74) is 4.09. The van der Waals surface area contributed by atoms with E-state index in [0.29, 0.717) is 37.4 Å². The largest absolute Gasteiger partial charge is 0.507 e. The van der Waals surface area contributed by atoms with E-state index in [1.165, 1.54) is 5.57 Å². The zero-order chi connectivity index (χ0) is 20.7. The lowest BCUT2D eigenvalue weighted by atomic mass is 10.0. The summed E-state index contributed by atoms with van der Waals surface area (Å²) in [5.74, 6) is 0.336. The lowest BCUT2D eigenvalue weighted by Gasteiger charge is -2.23. The summed E-state index contributed by atoms with van der Waals surface area (Å²) in [6.45, 7) is 11.4. The van der Waals surface area contributed by atoms with Crippen molar-refractivity contribution in [1.82, 2.24) is 9.78 Å². The molecule has 3 rings (SSSR count). The number of aldehydes is 1. The Morgan fingerprint density at radius 3 is 2.75 bits per heavy atom. The van der Waals surface area contributed by atoms with Gasteiger partial charge in [-0.15, -0.1) is 0 Å². The number of aryl methyl sites for hydroxylation is 1. The van der Waals surface area contributed by atoms with Crippen molar-refractivity contribution < 1.29 is 19.4 Å². The van der Waals surface area contributed by atoms with Gasteiger partial charge in [-0.2, -0.15) is 5.10 Å². The Kier molecular flexibility index (Phi) is 7.81. The summed E-state index contributed by atoms with van der Waals surface area (Å²) in [6, 6.07) is 5.71. The smallest absolute Gasteiger partial charge is 0.157 e. The Labute approximate surface area is 166 Å². The number of hydrogen-bond acceptors (Lipinski definition) is 5. The number of benzene rings is 1. The van der Waals surface area contributed by atoms with Crippen molar-refractivity contribution in [2.24, 2.45) is 0 Å². The highest BCUT2D eigenvalue weighted by Crippen LogP contribution is 2.31. The van der Waals surface area contributed by atoms with Crippen molar-refractivity contribution in [2.75, 3.05) is 19.8 Å². The molecule has 0 fully saturated rings. The maximum Gasteiger partial charge on any atom is 0.157 e. The van der Waals surface area contributed by atoms with E-state index in [1.54, 1.807) is 25.3 Å². The molecule has 0 unspecified atom stereocenters. The molecule has 1 aliphatic heterocycles. The van der Waals surface area contributed by atoms with Gasteiger partial charge in [-0.1, -0.05) is 19.9 Å². The van der Waals surface area contributed by atoms with Gasteiger partial charge in [0.15, 0.2) is 6.29 Å². The lowest BCUT2D eigenvalue weighted by Crippen LogP contribution is -2.19. The number of nitrogens with zero attached hydrogens (tertiary/aromatic N) is 2. The van der Waals surface area contributed by atoms with Gasteiger partial charge in [0.1, 0.15) is 18.1 Å². The summed E-state index contributed by atoms with van der Waals surface area (Å²) in [4.78, 5) is 11.3. The van der Waals surface area contributed by atoms with Crippen LogP contribution in [0.3, 0.4) is 0 Å². The molecular formula is C22H30N2O4.